The van der Waals surface area contributed by atoms with Gasteiger partial charge in [-0.2, -0.15) is 0 Å². The van der Waals surface area contributed by atoms with Crippen molar-refractivity contribution in [1.82, 2.24) is 10.2 Å². The number of nitrogens with one attached hydrogen (secondary N) is 2. The molecule has 1 atom stereocenters. The number of benzene rings is 2. The van der Waals surface area contributed by atoms with Crippen LogP contribution in [0, 0.1) is 0 Å². The Labute approximate surface area is 153 Å². The van der Waals surface area contributed by atoms with Crippen molar-refractivity contribution in [2.24, 2.45) is 0 Å². The number of para-hydroxylation sites is 1. The molecule has 0 spiro atoms. The number of likely N-dealkylation sites (tertiary alicyclic amines) is 1. The molecule has 1 aliphatic rings. The summed E-state index contributed by atoms with van der Waals surface area (Å²) < 4.78 is 0. The predicted octanol–water partition coefficient (Wildman–Crippen LogP) is 2.77. The number of carbonyl (C=O) groups excluding carboxylic acids is 2. The highest BCUT2D eigenvalue weighted by molar-refractivity contribution is 5.95. The van der Waals surface area contributed by atoms with Crippen molar-refractivity contribution in [3.05, 3.63) is 71.8 Å². The van der Waals surface area contributed by atoms with E-state index in [0.29, 0.717) is 12.1 Å². The van der Waals surface area contributed by atoms with Crippen molar-refractivity contribution < 1.29 is 9.59 Å². The molecule has 2 amide bonds. The Morgan fingerprint density at radius 3 is 2.50 bits per heavy atom. The van der Waals surface area contributed by atoms with Crippen LogP contribution in [-0.4, -0.2) is 42.9 Å². The lowest BCUT2D eigenvalue weighted by molar-refractivity contribution is -0.124. The molecule has 1 aliphatic heterocycles. The molecule has 0 aliphatic carbocycles. The van der Waals surface area contributed by atoms with Crippen molar-refractivity contribution in [3.63, 3.8) is 0 Å². The van der Waals surface area contributed by atoms with Crippen molar-refractivity contribution in [3.8, 4) is 0 Å². The first-order chi connectivity index (χ1) is 12.7. The topological polar surface area (TPSA) is 61.4 Å². The summed E-state index contributed by atoms with van der Waals surface area (Å²) in [6.07, 6.45) is 4.32. The maximum atomic E-state index is 12.4. The van der Waals surface area contributed by atoms with Crippen molar-refractivity contribution in [1.29, 1.82) is 0 Å². The molecule has 1 saturated heterocycles. The lowest BCUT2D eigenvalue weighted by Gasteiger charge is -2.16. The molecule has 3 rings (SSSR count). The molecule has 5 nitrogen and oxygen atoms in total. The van der Waals surface area contributed by atoms with Crippen LogP contribution in [0.4, 0.5) is 5.69 Å². The first-order valence-corrected chi connectivity index (χ1v) is 8.76. The van der Waals surface area contributed by atoms with E-state index in [-0.39, 0.29) is 17.9 Å². The zero-order chi connectivity index (χ0) is 18.4. The SMILES string of the molecule is CNC(=O)c1ccc(/C=C/C(=O)N2CC[C@H](Nc3ccccc3)C2)cc1. The standard InChI is InChI=1S/C21H23N3O2/c1-22-21(26)17-10-7-16(8-11-17)9-12-20(25)24-14-13-19(15-24)23-18-5-3-2-4-6-18/h2-12,19,23H,13-15H2,1H3,(H,22,26)/b12-9+/t19-/m0/s1. The average molecular weight is 349 g/mol. The second-order valence-corrected chi connectivity index (χ2v) is 6.31. The third-order valence-corrected chi connectivity index (χ3v) is 4.46. The summed E-state index contributed by atoms with van der Waals surface area (Å²) in [5.41, 5.74) is 2.58. The Balaban J connectivity index is 1.53. The van der Waals surface area contributed by atoms with Crippen LogP contribution >= 0.6 is 0 Å². The Hall–Kier alpha value is -3.08. The molecule has 0 unspecified atom stereocenters. The first-order valence-electron chi connectivity index (χ1n) is 8.76. The number of anilines is 1. The van der Waals surface area contributed by atoms with Crippen molar-refractivity contribution in [2.75, 3.05) is 25.5 Å². The van der Waals surface area contributed by atoms with E-state index >= 15 is 0 Å². The molecule has 1 fully saturated rings. The van der Waals surface area contributed by atoms with Crippen LogP contribution in [-0.2, 0) is 4.79 Å². The molecule has 0 saturated carbocycles. The minimum absolute atomic E-state index is 0.0118. The molecule has 0 aromatic heterocycles. The van der Waals surface area contributed by atoms with E-state index in [1.165, 1.54) is 0 Å². The summed E-state index contributed by atoms with van der Waals surface area (Å²) in [5.74, 6) is -0.108. The molecular formula is C21H23N3O2. The Morgan fingerprint density at radius 1 is 1.08 bits per heavy atom. The number of rotatable bonds is 5. The summed E-state index contributed by atoms with van der Waals surface area (Å²) in [6.45, 7) is 1.46. The third-order valence-electron chi connectivity index (χ3n) is 4.46. The summed E-state index contributed by atoms with van der Waals surface area (Å²) in [6, 6.07) is 17.5. The average Bonchev–Trinajstić information content (AvgIpc) is 3.15. The van der Waals surface area contributed by atoms with Crippen LogP contribution < -0.4 is 10.6 Å². The highest BCUT2D eigenvalue weighted by Gasteiger charge is 2.24. The van der Waals surface area contributed by atoms with Gasteiger partial charge in [0.15, 0.2) is 0 Å². The summed E-state index contributed by atoms with van der Waals surface area (Å²) >= 11 is 0. The summed E-state index contributed by atoms with van der Waals surface area (Å²) in [7, 11) is 1.60. The molecular weight excluding hydrogens is 326 g/mol. The van der Waals surface area contributed by atoms with Gasteiger partial charge < -0.3 is 15.5 Å². The van der Waals surface area contributed by atoms with E-state index < -0.39 is 0 Å². The molecule has 26 heavy (non-hydrogen) atoms. The van der Waals surface area contributed by atoms with Crippen LogP contribution in [0.15, 0.2) is 60.7 Å². The predicted molar refractivity (Wildman–Crippen MR) is 104 cm³/mol. The highest BCUT2D eigenvalue weighted by atomic mass is 16.2. The monoisotopic (exact) mass is 349 g/mol. The Bertz CT molecular complexity index is 785. The van der Waals surface area contributed by atoms with Crippen LogP contribution in [0.2, 0.25) is 0 Å². The van der Waals surface area contributed by atoms with E-state index in [9.17, 15) is 9.59 Å². The van der Waals surface area contributed by atoms with Gasteiger partial charge in [-0.3, -0.25) is 9.59 Å². The number of amides is 2. The Kier molecular flexibility index (Phi) is 5.69. The molecule has 0 radical (unpaired) electrons. The fourth-order valence-corrected chi connectivity index (χ4v) is 3.01. The van der Waals surface area contributed by atoms with Crippen LogP contribution in [0.5, 0.6) is 0 Å². The fraction of sp³-hybridized carbons (Fsp3) is 0.238. The number of hydrogen-bond donors (Lipinski definition) is 2. The van der Waals surface area contributed by atoms with Gasteiger partial charge in [-0.1, -0.05) is 30.3 Å². The van der Waals surface area contributed by atoms with E-state index in [4.69, 9.17) is 0 Å². The lowest BCUT2D eigenvalue weighted by atomic mass is 10.1. The van der Waals surface area contributed by atoms with Gasteiger partial charge in [0.2, 0.25) is 5.91 Å². The van der Waals surface area contributed by atoms with E-state index in [2.05, 4.69) is 10.6 Å². The van der Waals surface area contributed by atoms with E-state index in [1.54, 1.807) is 31.3 Å². The zero-order valence-corrected chi connectivity index (χ0v) is 14.8. The van der Waals surface area contributed by atoms with Gasteiger partial charge in [-0.15, -0.1) is 0 Å². The van der Waals surface area contributed by atoms with Gasteiger partial charge in [0.1, 0.15) is 0 Å². The lowest BCUT2D eigenvalue weighted by Crippen LogP contribution is -2.30. The minimum Gasteiger partial charge on any atom is -0.380 e. The molecule has 2 aromatic rings. The smallest absolute Gasteiger partial charge is 0.251 e. The summed E-state index contributed by atoms with van der Waals surface area (Å²) in [5, 5.41) is 6.05. The van der Waals surface area contributed by atoms with Crippen LogP contribution in [0.3, 0.4) is 0 Å². The maximum absolute atomic E-state index is 12.4. The van der Waals surface area contributed by atoms with Gasteiger partial charge in [-0.05, 0) is 42.3 Å². The molecule has 1 heterocycles. The largest absolute Gasteiger partial charge is 0.380 e. The number of carbonyl (C=O) groups is 2. The first kappa shape index (κ1) is 17.7. The fourth-order valence-electron chi connectivity index (χ4n) is 3.01. The molecule has 2 aromatic carbocycles. The van der Waals surface area contributed by atoms with Gasteiger partial charge in [0.05, 0.1) is 0 Å². The maximum Gasteiger partial charge on any atom is 0.251 e. The van der Waals surface area contributed by atoms with Crippen LogP contribution in [0.1, 0.15) is 22.3 Å². The second-order valence-electron chi connectivity index (χ2n) is 6.31. The zero-order valence-electron chi connectivity index (χ0n) is 14.8. The Morgan fingerprint density at radius 2 is 1.81 bits per heavy atom. The highest BCUT2D eigenvalue weighted by Crippen LogP contribution is 2.16. The van der Waals surface area contributed by atoms with Gasteiger partial charge in [0, 0.05) is 43.5 Å². The second kappa shape index (κ2) is 8.34. The number of nitrogens with zero attached hydrogens (tertiary/aromatic N) is 1. The van der Waals surface area contributed by atoms with Gasteiger partial charge in [-0.25, -0.2) is 0 Å². The molecule has 2 N–H and O–H groups in total. The molecule has 5 heteroatoms. The normalized spacial score (nSPS) is 16.7. The van der Waals surface area contributed by atoms with Crippen LogP contribution in [0.25, 0.3) is 6.08 Å². The van der Waals surface area contributed by atoms with Gasteiger partial charge in [0.25, 0.3) is 5.91 Å². The molecule has 134 valence electrons. The number of hydrogen-bond acceptors (Lipinski definition) is 3. The van der Waals surface area contributed by atoms with E-state index in [1.807, 2.05) is 47.4 Å². The van der Waals surface area contributed by atoms with Crippen molar-refractivity contribution >= 4 is 23.6 Å². The minimum atomic E-state index is -0.120. The third kappa shape index (κ3) is 4.51. The van der Waals surface area contributed by atoms with E-state index in [0.717, 1.165) is 24.2 Å². The van der Waals surface area contributed by atoms with Gasteiger partial charge >= 0.3 is 0 Å². The molecule has 0 bridgehead atoms. The van der Waals surface area contributed by atoms with Crippen molar-refractivity contribution in [2.45, 2.75) is 12.5 Å². The summed E-state index contributed by atoms with van der Waals surface area (Å²) in [4.78, 5) is 25.8. The quantitative estimate of drug-likeness (QED) is 0.816.